The third-order valence-corrected chi connectivity index (χ3v) is 4.15. The van der Waals surface area contributed by atoms with E-state index in [0.717, 1.165) is 31.9 Å². The van der Waals surface area contributed by atoms with Crippen LogP contribution in [0.3, 0.4) is 0 Å². The number of hydrogen-bond acceptors (Lipinski definition) is 5. The van der Waals surface area contributed by atoms with Crippen LogP contribution in [0.2, 0.25) is 0 Å². The first kappa shape index (κ1) is 13.3. The van der Waals surface area contributed by atoms with Gasteiger partial charge < -0.3 is 9.64 Å². The Morgan fingerprint density at radius 1 is 1.18 bits per heavy atom. The lowest BCUT2D eigenvalue weighted by atomic mass is 10.0. The molecule has 2 aliphatic rings. The molecule has 3 heterocycles. The first-order valence-electron chi connectivity index (χ1n) is 7.43. The minimum absolute atomic E-state index is 0.0252. The molecule has 1 amide bonds. The van der Waals surface area contributed by atoms with Crippen molar-refractivity contribution in [3.63, 3.8) is 0 Å². The van der Waals surface area contributed by atoms with E-state index in [-0.39, 0.29) is 11.9 Å². The highest BCUT2D eigenvalue weighted by molar-refractivity contribution is 5.91. The molecular weight excluding hydrogens is 282 g/mol. The number of nitrogens with zero attached hydrogens (tertiary/aromatic N) is 4. The van der Waals surface area contributed by atoms with Gasteiger partial charge in [0.25, 0.3) is 0 Å². The van der Waals surface area contributed by atoms with Gasteiger partial charge in [-0.15, -0.1) is 0 Å². The topological polar surface area (TPSA) is 72.3 Å². The number of hydrogen-bond donors (Lipinski definition) is 1. The molecule has 1 N–H and O–H groups in total. The summed E-state index contributed by atoms with van der Waals surface area (Å²) in [6.07, 6.45) is 1.85. The van der Waals surface area contributed by atoms with Crippen molar-refractivity contribution in [3.8, 4) is 0 Å². The van der Waals surface area contributed by atoms with E-state index in [1.165, 1.54) is 12.0 Å². The number of fused-ring (bicyclic) bond motifs is 1. The summed E-state index contributed by atoms with van der Waals surface area (Å²) in [4.78, 5) is 18.2. The van der Waals surface area contributed by atoms with Gasteiger partial charge in [0.2, 0.25) is 11.9 Å². The normalized spacial score (nSPS) is 21.4. The minimum Gasteiger partial charge on any atom is -0.378 e. The Balaban J connectivity index is 1.60. The largest absolute Gasteiger partial charge is 0.378 e. The molecule has 1 saturated heterocycles. The zero-order valence-corrected chi connectivity index (χ0v) is 12.1. The van der Waals surface area contributed by atoms with Gasteiger partial charge in [-0.1, -0.05) is 12.1 Å². The standard InChI is InChI=1S/C15H17N5O2/c21-14-9-13(20-15(18-14)16-10-17-20)11-1-3-12(4-2-11)19-5-7-22-8-6-19/h1-4,10,13H,5-9H2,(H,16,17,18,21)/t13-/m1/s1. The molecule has 1 aromatic heterocycles. The lowest BCUT2D eigenvalue weighted by molar-refractivity contribution is -0.117. The summed E-state index contributed by atoms with van der Waals surface area (Å²) in [5.41, 5.74) is 2.25. The fourth-order valence-electron chi connectivity index (χ4n) is 2.99. The zero-order chi connectivity index (χ0) is 14.9. The molecule has 22 heavy (non-hydrogen) atoms. The van der Waals surface area contributed by atoms with E-state index in [0.29, 0.717) is 12.4 Å². The average Bonchev–Trinajstić information content (AvgIpc) is 3.03. The number of morpholine rings is 1. The molecule has 7 nitrogen and oxygen atoms in total. The molecule has 2 aromatic rings. The number of rotatable bonds is 2. The van der Waals surface area contributed by atoms with Crippen LogP contribution in [0.5, 0.6) is 0 Å². The van der Waals surface area contributed by atoms with Gasteiger partial charge in [0.1, 0.15) is 6.33 Å². The van der Waals surface area contributed by atoms with Crippen molar-refractivity contribution in [2.45, 2.75) is 12.5 Å². The van der Waals surface area contributed by atoms with Gasteiger partial charge in [-0.3, -0.25) is 10.1 Å². The Morgan fingerprint density at radius 3 is 2.73 bits per heavy atom. The molecule has 0 saturated carbocycles. The summed E-state index contributed by atoms with van der Waals surface area (Å²) in [5, 5.41) is 6.96. The van der Waals surface area contributed by atoms with Gasteiger partial charge in [-0.05, 0) is 17.7 Å². The fraction of sp³-hybridized carbons (Fsp3) is 0.400. The van der Waals surface area contributed by atoms with E-state index in [1.807, 2.05) is 0 Å². The molecule has 1 fully saturated rings. The van der Waals surface area contributed by atoms with Gasteiger partial charge in [0, 0.05) is 18.8 Å². The van der Waals surface area contributed by atoms with Crippen molar-refractivity contribution in [1.82, 2.24) is 14.8 Å². The second kappa shape index (κ2) is 5.42. The predicted molar refractivity (Wildman–Crippen MR) is 80.9 cm³/mol. The van der Waals surface area contributed by atoms with Crippen LogP contribution in [-0.4, -0.2) is 47.0 Å². The molecule has 7 heteroatoms. The second-order valence-electron chi connectivity index (χ2n) is 5.49. The molecule has 0 unspecified atom stereocenters. The summed E-state index contributed by atoms with van der Waals surface area (Å²) in [6.45, 7) is 3.37. The van der Waals surface area contributed by atoms with Crippen LogP contribution in [0.15, 0.2) is 30.6 Å². The second-order valence-corrected chi connectivity index (χ2v) is 5.49. The number of ether oxygens (including phenoxy) is 1. The molecule has 1 atom stereocenters. The van der Waals surface area contributed by atoms with Crippen LogP contribution >= 0.6 is 0 Å². The van der Waals surface area contributed by atoms with Gasteiger partial charge in [0.05, 0.1) is 25.7 Å². The van der Waals surface area contributed by atoms with Gasteiger partial charge in [0.15, 0.2) is 0 Å². The average molecular weight is 299 g/mol. The Morgan fingerprint density at radius 2 is 1.95 bits per heavy atom. The van der Waals surface area contributed by atoms with Crippen molar-refractivity contribution in [1.29, 1.82) is 0 Å². The SMILES string of the molecule is O=C1C[C@H](c2ccc(N3CCOCC3)cc2)n2ncnc2N1. The zero-order valence-electron chi connectivity index (χ0n) is 12.1. The molecule has 2 aliphatic heterocycles. The Kier molecular flexibility index (Phi) is 3.27. The van der Waals surface area contributed by atoms with Crippen molar-refractivity contribution < 1.29 is 9.53 Å². The van der Waals surface area contributed by atoms with E-state index in [9.17, 15) is 4.79 Å². The van der Waals surface area contributed by atoms with Crippen LogP contribution in [0.4, 0.5) is 11.6 Å². The molecule has 1 aromatic carbocycles. The summed E-state index contributed by atoms with van der Waals surface area (Å²) in [5.74, 6) is 0.487. The number of benzene rings is 1. The molecule has 114 valence electrons. The first-order chi connectivity index (χ1) is 10.8. The number of carbonyl (C=O) groups is 1. The first-order valence-corrected chi connectivity index (χ1v) is 7.43. The van der Waals surface area contributed by atoms with Crippen molar-refractivity contribution in [2.75, 3.05) is 36.5 Å². The number of amides is 1. The molecule has 0 spiro atoms. The summed E-state index contributed by atoms with van der Waals surface area (Å²) < 4.78 is 7.15. The van der Waals surface area contributed by atoms with E-state index < -0.39 is 0 Å². The quantitative estimate of drug-likeness (QED) is 0.897. The van der Waals surface area contributed by atoms with E-state index in [1.54, 1.807) is 4.68 Å². The monoisotopic (exact) mass is 299 g/mol. The molecular formula is C15H17N5O2. The van der Waals surface area contributed by atoms with Crippen LogP contribution in [0.25, 0.3) is 0 Å². The number of aromatic nitrogens is 3. The van der Waals surface area contributed by atoms with Crippen LogP contribution < -0.4 is 10.2 Å². The molecule has 0 bridgehead atoms. The Labute approximate surface area is 127 Å². The number of anilines is 2. The number of carbonyl (C=O) groups excluding carboxylic acids is 1. The minimum atomic E-state index is -0.0926. The number of nitrogens with one attached hydrogen (secondary N) is 1. The Bertz CT molecular complexity index is 675. The lowest BCUT2D eigenvalue weighted by Gasteiger charge is -2.29. The van der Waals surface area contributed by atoms with Gasteiger partial charge in [-0.2, -0.15) is 10.1 Å². The summed E-state index contributed by atoms with van der Waals surface area (Å²) >= 11 is 0. The van der Waals surface area contributed by atoms with Crippen LogP contribution in [0.1, 0.15) is 18.0 Å². The maximum Gasteiger partial charge on any atom is 0.229 e. The summed E-state index contributed by atoms with van der Waals surface area (Å²) in [6, 6.07) is 8.25. The van der Waals surface area contributed by atoms with Crippen molar-refractivity contribution >= 4 is 17.5 Å². The maximum atomic E-state index is 11.8. The third-order valence-electron chi connectivity index (χ3n) is 4.15. The predicted octanol–water partition coefficient (Wildman–Crippen LogP) is 1.05. The van der Waals surface area contributed by atoms with E-state index in [4.69, 9.17) is 4.74 Å². The highest BCUT2D eigenvalue weighted by Gasteiger charge is 2.27. The van der Waals surface area contributed by atoms with Crippen LogP contribution in [-0.2, 0) is 9.53 Å². The summed E-state index contributed by atoms with van der Waals surface area (Å²) in [7, 11) is 0. The van der Waals surface area contributed by atoms with E-state index >= 15 is 0 Å². The third kappa shape index (κ3) is 2.33. The van der Waals surface area contributed by atoms with Crippen molar-refractivity contribution in [2.24, 2.45) is 0 Å². The molecule has 4 rings (SSSR count). The highest BCUT2D eigenvalue weighted by Crippen LogP contribution is 2.29. The van der Waals surface area contributed by atoms with Crippen molar-refractivity contribution in [3.05, 3.63) is 36.2 Å². The highest BCUT2D eigenvalue weighted by atomic mass is 16.5. The Hall–Kier alpha value is -2.41. The fourth-order valence-corrected chi connectivity index (χ4v) is 2.99. The van der Waals surface area contributed by atoms with Gasteiger partial charge >= 0.3 is 0 Å². The maximum absolute atomic E-state index is 11.8. The molecule has 0 aliphatic carbocycles. The lowest BCUT2D eigenvalue weighted by Crippen LogP contribution is -2.36. The van der Waals surface area contributed by atoms with Crippen LogP contribution in [0, 0.1) is 0 Å². The smallest absolute Gasteiger partial charge is 0.229 e. The van der Waals surface area contributed by atoms with Gasteiger partial charge in [-0.25, -0.2) is 4.68 Å². The van der Waals surface area contributed by atoms with E-state index in [2.05, 4.69) is 44.6 Å². The molecule has 0 radical (unpaired) electrons.